The number of hydrogen-bond donors (Lipinski definition) is 0. The zero-order valence-electron chi connectivity index (χ0n) is 12.1. The lowest BCUT2D eigenvalue weighted by Gasteiger charge is -2.36. The van der Waals surface area contributed by atoms with Crippen LogP contribution >= 0.6 is 0 Å². The molecule has 4 nitrogen and oxygen atoms in total. The van der Waals surface area contributed by atoms with Crippen molar-refractivity contribution in [3.05, 3.63) is 35.4 Å². The molecule has 1 aliphatic heterocycles. The van der Waals surface area contributed by atoms with Gasteiger partial charge in [-0.05, 0) is 42.9 Å². The molecule has 1 amide bonds. The van der Waals surface area contributed by atoms with Crippen LogP contribution in [0.1, 0.15) is 30.4 Å². The van der Waals surface area contributed by atoms with E-state index in [0.717, 1.165) is 18.5 Å². The molecule has 2 aliphatic rings. The van der Waals surface area contributed by atoms with Gasteiger partial charge in [0.05, 0.1) is 30.9 Å². The molecule has 4 heteroatoms. The number of aryl methyl sites for hydroxylation is 1. The number of nitriles is 1. The van der Waals surface area contributed by atoms with E-state index in [4.69, 9.17) is 10.00 Å². The number of morpholine rings is 1. The first-order valence-electron chi connectivity index (χ1n) is 7.64. The number of hydrogen-bond acceptors (Lipinski definition) is 3. The Morgan fingerprint density at radius 1 is 1.33 bits per heavy atom. The standard InChI is InChI=1S/C17H20N2O2/c18-11-14-3-1-13(2-4-14)5-8-17(20)19-9-10-21-12-16(19)15-6-7-15/h1-4,15-16H,5-10,12H2. The first-order valence-corrected chi connectivity index (χ1v) is 7.64. The van der Waals surface area contributed by atoms with Gasteiger partial charge in [-0.2, -0.15) is 5.26 Å². The van der Waals surface area contributed by atoms with Gasteiger partial charge in [0.2, 0.25) is 5.91 Å². The highest BCUT2D eigenvalue weighted by Crippen LogP contribution is 2.36. The van der Waals surface area contributed by atoms with Gasteiger partial charge in [-0.1, -0.05) is 12.1 Å². The minimum absolute atomic E-state index is 0.236. The van der Waals surface area contributed by atoms with E-state index in [1.165, 1.54) is 12.8 Å². The van der Waals surface area contributed by atoms with Crippen molar-refractivity contribution in [2.24, 2.45) is 5.92 Å². The first kappa shape index (κ1) is 14.1. The third-order valence-electron chi connectivity index (χ3n) is 4.36. The predicted octanol–water partition coefficient (Wildman–Crippen LogP) is 2.13. The van der Waals surface area contributed by atoms with Crippen LogP contribution in [0, 0.1) is 17.2 Å². The molecule has 1 unspecified atom stereocenters. The highest BCUT2D eigenvalue weighted by molar-refractivity contribution is 5.77. The van der Waals surface area contributed by atoms with Gasteiger partial charge in [0, 0.05) is 13.0 Å². The molecular weight excluding hydrogens is 264 g/mol. The summed E-state index contributed by atoms with van der Waals surface area (Å²) >= 11 is 0. The van der Waals surface area contributed by atoms with Crippen molar-refractivity contribution in [2.45, 2.75) is 31.7 Å². The lowest BCUT2D eigenvalue weighted by Crippen LogP contribution is -2.49. The molecule has 0 spiro atoms. The maximum Gasteiger partial charge on any atom is 0.223 e. The van der Waals surface area contributed by atoms with Gasteiger partial charge >= 0.3 is 0 Å². The van der Waals surface area contributed by atoms with E-state index in [2.05, 4.69) is 6.07 Å². The van der Waals surface area contributed by atoms with E-state index in [1.54, 1.807) is 0 Å². The largest absolute Gasteiger partial charge is 0.377 e. The van der Waals surface area contributed by atoms with Gasteiger partial charge in [-0.15, -0.1) is 0 Å². The maximum absolute atomic E-state index is 12.5. The molecule has 110 valence electrons. The van der Waals surface area contributed by atoms with Crippen molar-refractivity contribution in [3.8, 4) is 6.07 Å². The van der Waals surface area contributed by atoms with Crippen LogP contribution in [-0.2, 0) is 16.0 Å². The van der Waals surface area contributed by atoms with Gasteiger partial charge in [0.1, 0.15) is 0 Å². The van der Waals surface area contributed by atoms with Crippen LogP contribution < -0.4 is 0 Å². The van der Waals surface area contributed by atoms with Crippen molar-refractivity contribution >= 4 is 5.91 Å². The van der Waals surface area contributed by atoms with E-state index in [-0.39, 0.29) is 5.91 Å². The summed E-state index contributed by atoms with van der Waals surface area (Å²) in [6.07, 6.45) is 3.73. The molecule has 21 heavy (non-hydrogen) atoms. The molecular formula is C17H20N2O2. The van der Waals surface area contributed by atoms with Crippen LogP contribution in [0.2, 0.25) is 0 Å². The number of ether oxygens (including phenoxy) is 1. The minimum atomic E-state index is 0.236. The number of nitrogens with zero attached hydrogens (tertiary/aromatic N) is 2. The fourth-order valence-electron chi connectivity index (χ4n) is 2.94. The summed E-state index contributed by atoms with van der Waals surface area (Å²) in [6, 6.07) is 9.89. The monoisotopic (exact) mass is 284 g/mol. The first-order chi connectivity index (χ1) is 10.3. The predicted molar refractivity (Wildman–Crippen MR) is 78.5 cm³/mol. The normalized spacial score (nSPS) is 21.9. The number of carbonyl (C=O) groups excluding carboxylic acids is 1. The second-order valence-electron chi connectivity index (χ2n) is 5.88. The summed E-state index contributed by atoms with van der Waals surface area (Å²) < 4.78 is 5.53. The average molecular weight is 284 g/mol. The number of amides is 1. The number of benzene rings is 1. The van der Waals surface area contributed by atoms with E-state index in [0.29, 0.717) is 37.2 Å². The smallest absolute Gasteiger partial charge is 0.223 e. The summed E-state index contributed by atoms with van der Waals surface area (Å²) in [5.41, 5.74) is 1.77. The van der Waals surface area contributed by atoms with Crippen molar-refractivity contribution in [1.82, 2.24) is 4.90 Å². The molecule has 1 aliphatic carbocycles. The Morgan fingerprint density at radius 2 is 2.10 bits per heavy atom. The number of carbonyl (C=O) groups is 1. The molecule has 3 rings (SSSR count). The van der Waals surface area contributed by atoms with Crippen LogP contribution in [0.3, 0.4) is 0 Å². The third kappa shape index (κ3) is 3.43. The SMILES string of the molecule is N#Cc1ccc(CCC(=O)N2CCOCC2C2CC2)cc1. The summed E-state index contributed by atoms with van der Waals surface area (Å²) in [4.78, 5) is 14.5. The second-order valence-corrected chi connectivity index (χ2v) is 5.88. The van der Waals surface area contributed by atoms with Crippen molar-refractivity contribution in [2.75, 3.05) is 19.8 Å². The number of rotatable bonds is 4. The van der Waals surface area contributed by atoms with Crippen LogP contribution in [-0.4, -0.2) is 36.6 Å². The molecule has 1 saturated carbocycles. The highest BCUT2D eigenvalue weighted by Gasteiger charge is 2.38. The topological polar surface area (TPSA) is 53.3 Å². The zero-order chi connectivity index (χ0) is 14.7. The van der Waals surface area contributed by atoms with Gasteiger partial charge in [0.25, 0.3) is 0 Å². The molecule has 1 aromatic carbocycles. The molecule has 0 N–H and O–H groups in total. The molecule has 1 aromatic rings. The summed E-state index contributed by atoms with van der Waals surface area (Å²) in [5.74, 6) is 0.892. The molecule has 1 atom stereocenters. The second kappa shape index (κ2) is 6.28. The Bertz CT molecular complexity index is 543. The van der Waals surface area contributed by atoms with Gasteiger partial charge in [-0.25, -0.2) is 0 Å². The van der Waals surface area contributed by atoms with E-state index in [9.17, 15) is 4.79 Å². The van der Waals surface area contributed by atoms with Crippen LogP contribution in [0.25, 0.3) is 0 Å². The van der Waals surface area contributed by atoms with Crippen molar-refractivity contribution in [3.63, 3.8) is 0 Å². The lowest BCUT2D eigenvalue weighted by atomic mass is 10.1. The molecule has 1 saturated heterocycles. The fraction of sp³-hybridized carbons (Fsp3) is 0.529. The molecule has 0 aromatic heterocycles. The van der Waals surface area contributed by atoms with Gasteiger partial charge < -0.3 is 9.64 Å². The summed E-state index contributed by atoms with van der Waals surface area (Å²) in [6.45, 7) is 2.09. The Balaban J connectivity index is 1.56. The quantitative estimate of drug-likeness (QED) is 0.851. The highest BCUT2D eigenvalue weighted by atomic mass is 16.5. The lowest BCUT2D eigenvalue weighted by molar-refractivity contribution is -0.140. The van der Waals surface area contributed by atoms with Gasteiger partial charge in [-0.3, -0.25) is 4.79 Å². The minimum Gasteiger partial charge on any atom is -0.377 e. The Labute approximate surface area is 125 Å². The van der Waals surface area contributed by atoms with Crippen LogP contribution in [0.5, 0.6) is 0 Å². The summed E-state index contributed by atoms with van der Waals surface area (Å²) in [7, 11) is 0. The molecule has 0 bridgehead atoms. The fourth-order valence-corrected chi connectivity index (χ4v) is 2.94. The van der Waals surface area contributed by atoms with E-state index in [1.807, 2.05) is 29.2 Å². The molecule has 0 radical (unpaired) electrons. The van der Waals surface area contributed by atoms with Crippen molar-refractivity contribution < 1.29 is 9.53 Å². The maximum atomic E-state index is 12.5. The molecule has 2 fully saturated rings. The van der Waals surface area contributed by atoms with Crippen molar-refractivity contribution in [1.29, 1.82) is 5.26 Å². The zero-order valence-corrected chi connectivity index (χ0v) is 12.1. The summed E-state index contributed by atoms with van der Waals surface area (Å²) in [5, 5.41) is 8.78. The third-order valence-corrected chi connectivity index (χ3v) is 4.36. The van der Waals surface area contributed by atoms with Crippen LogP contribution in [0.4, 0.5) is 0 Å². The van der Waals surface area contributed by atoms with Gasteiger partial charge in [0.15, 0.2) is 0 Å². The Morgan fingerprint density at radius 3 is 2.76 bits per heavy atom. The van der Waals surface area contributed by atoms with E-state index < -0.39 is 0 Å². The average Bonchev–Trinajstić information content (AvgIpc) is 3.38. The Hall–Kier alpha value is -1.86. The Kier molecular flexibility index (Phi) is 4.21. The van der Waals surface area contributed by atoms with E-state index >= 15 is 0 Å². The molecule has 1 heterocycles. The van der Waals surface area contributed by atoms with Crippen LogP contribution in [0.15, 0.2) is 24.3 Å².